The van der Waals surface area contributed by atoms with Gasteiger partial charge in [0.05, 0.1) is 54.0 Å². The Morgan fingerprint density at radius 3 is 2.42 bits per heavy atom. The second-order valence-electron chi connectivity index (χ2n) is 19.9. The molecular weight excluding hydrogens is 1030 g/mol. The number of carbonyl (C=O) groups is 5. The van der Waals surface area contributed by atoms with Gasteiger partial charge < -0.3 is 50.2 Å². The zero-order valence-electron chi connectivity index (χ0n) is 46.0. The number of aldehydes is 1. The number of anilines is 2. The molecule has 2 aromatic heterocycles. The van der Waals surface area contributed by atoms with Gasteiger partial charge in [-0.05, 0) is 94.1 Å². The van der Waals surface area contributed by atoms with Gasteiger partial charge in [0.2, 0.25) is 18.2 Å². The number of likely N-dealkylation sites (N-methyl/N-ethyl adjacent to an activating group) is 1. The van der Waals surface area contributed by atoms with Crippen LogP contribution in [0.5, 0.6) is 11.8 Å². The molecule has 10 rings (SSSR count). The first-order valence-electron chi connectivity index (χ1n) is 27.2. The number of amides is 4. The Kier molecular flexibility index (Phi) is 21.2. The van der Waals surface area contributed by atoms with Crippen molar-refractivity contribution in [1.82, 2.24) is 40.7 Å². The fourth-order valence-corrected chi connectivity index (χ4v) is 11.4. The summed E-state index contributed by atoms with van der Waals surface area (Å²) in [5, 5.41) is 30.2. The van der Waals surface area contributed by atoms with Crippen molar-refractivity contribution in [3.8, 4) is 35.4 Å². The number of aromatic nitrogens is 3. The van der Waals surface area contributed by atoms with E-state index >= 15 is 4.39 Å². The van der Waals surface area contributed by atoms with Crippen LogP contribution in [-0.4, -0.2) is 175 Å². The van der Waals surface area contributed by atoms with Crippen LogP contribution in [-0.2, 0) is 23.9 Å². The first-order chi connectivity index (χ1) is 38.8. The molecule has 6 N–H and O–H groups in total. The van der Waals surface area contributed by atoms with E-state index in [1.165, 1.54) is 42.3 Å². The minimum Gasteiger partial charge on any atom is -0.508 e. The van der Waals surface area contributed by atoms with Crippen LogP contribution in [0.3, 0.4) is 0 Å². The topological polar surface area (TPSA) is 250 Å². The molecule has 3 aromatic carbocycles. The maximum absolute atomic E-state index is 16.8. The molecular formula is C58H72F2N10O10. The number of terminal acetylenes is 1. The summed E-state index contributed by atoms with van der Waals surface area (Å²) in [7, 11) is 2.47. The van der Waals surface area contributed by atoms with Crippen LogP contribution in [0.1, 0.15) is 98.4 Å². The number of aromatic hydroxyl groups is 1. The fourth-order valence-electron chi connectivity index (χ4n) is 11.4. The van der Waals surface area contributed by atoms with Crippen LogP contribution in [0.2, 0.25) is 0 Å². The first-order valence-corrected chi connectivity index (χ1v) is 27.2. The summed E-state index contributed by atoms with van der Waals surface area (Å²) in [4.78, 5) is 78.2. The van der Waals surface area contributed by atoms with E-state index in [0.29, 0.717) is 105 Å². The van der Waals surface area contributed by atoms with Crippen LogP contribution in [0.4, 0.5) is 20.3 Å². The molecule has 7 heterocycles. The number of benzene rings is 3. The van der Waals surface area contributed by atoms with E-state index in [2.05, 4.69) is 53.9 Å². The van der Waals surface area contributed by atoms with Gasteiger partial charge in [0.15, 0.2) is 12.1 Å². The van der Waals surface area contributed by atoms with Crippen LogP contribution in [0, 0.1) is 24.0 Å². The Balaban J connectivity index is 0.000000229. The van der Waals surface area contributed by atoms with Crippen LogP contribution in [0.15, 0.2) is 48.7 Å². The maximum Gasteiger partial charge on any atom is 0.319 e. The lowest BCUT2D eigenvalue weighted by atomic mass is 9.95. The Hall–Kier alpha value is -7.42. The summed E-state index contributed by atoms with van der Waals surface area (Å²) < 4.78 is 48.7. The van der Waals surface area contributed by atoms with Crippen molar-refractivity contribution in [3.05, 3.63) is 77.0 Å². The normalized spacial score (nSPS) is 20.9. The van der Waals surface area contributed by atoms with Crippen molar-refractivity contribution in [2.24, 2.45) is 0 Å². The molecule has 4 amide bonds. The third kappa shape index (κ3) is 13.4. The predicted molar refractivity (Wildman–Crippen MR) is 299 cm³/mol. The number of ether oxygens (including phenoxy) is 3. The number of fused-ring (bicyclic) bond motifs is 5. The average molecular weight is 1110 g/mol. The molecule has 5 fully saturated rings. The number of imide groups is 1. The lowest BCUT2D eigenvalue weighted by molar-refractivity contribution is -0.136. The molecule has 20 nitrogen and oxygen atoms in total. The highest BCUT2D eigenvalue weighted by Crippen LogP contribution is 2.43. The summed E-state index contributed by atoms with van der Waals surface area (Å²) in [6.45, 7) is 11.6. The largest absolute Gasteiger partial charge is 0.508 e. The van der Waals surface area contributed by atoms with E-state index in [4.69, 9.17) is 30.7 Å². The first kappa shape index (κ1) is 60.2. The number of piperidine rings is 1. The molecule has 5 atom stereocenters. The number of piperazine rings is 1. The quantitative estimate of drug-likeness (QED) is 0.0264. The minimum absolute atomic E-state index is 0.0198. The molecule has 0 radical (unpaired) electrons. The number of carbonyl (C=O) groups excluding carboxylic acids is 5. The highest BCUT2D eigenvalue weighted by Gasteiger charge is 2.48. The van der Waals surface area contributed by atoms with Crippen LogP contribution < -0.4 is 30.9 Å². The van der Waals surface area contributed by atoms with E-state index < -0.39 is 29.5 Å². The maximum atomic E-state index is 16.8. The van der Waals surface area contributed by atoms with Gasteiger partial charge in [0.1, 0.15) is 41.2 Å². The van der Waals surface area contributed by atoms with E-state index in [9.17, 15) is 33.5 Å². The van der Waals surface area contributed by atoms with E-state index in [1.807, 2.05) is 13.8 Å². The summed E-state index contributed by atoms with van der Waals surface area (Å²) in [6, 6.07) is 11.0. The number of hydrogen-bond acceptors (Lipinski definition) is 17. The van der Waals surface area contributed by atoms with Crippen LogP contribution >= 0.6 is 0 Å². The average Bonchev–Trinajstić information content (AvgIpc) is 4.22. The number of phenolic OH excluding ortho intramolecular Hbond substituents is 1. The summed E-state index contributed by atoms with van der Waals surface area (Å²) in [5.74, 6) is 0.188. The second-order valence-corrected chi connectivity index (χ2v) is 19.9. The summed E-state index contributed by atoms with van der Waals surface area (Å²) >= 11 is 0. The number of pyridine rings is 1. The van der Waals surface area contributed by atoms with Crippen molar-refractivity contribution in [3.63, 3.8) is 0 Å². The third-order valence-electron chi connectivity index (χ3n) is 15.2. The van der Waals surface area contributed by atoms with Crippen molar-refractivity contribution in [2.75, 3.05) is 90.1 Å². The Morgan fingerprint density at radius 1 is 0.988 bits per heavy atom. The SMILES string of the molecule is C#Cc1c(F)ccc2cc(O)cc(-c3ncc4c(N5CC6CCC(C5)N6)nc(OCC56CCCN5[C@@H](C)CC6)nc4c3F)c12.CC.CN(C(=O)c1cccc(NCCOCCOCCNC=O)c1C=O)C1CCC(=O)NC1=O.CO. The number of hydrogen-bond donors (Lipinski definition) is 6. The Bertz CT molecular complexity index is 3060. The monoisotopic (exact) mass is 1110 g/mol. The zero-order valence-corrected chi connectivity index (χ0v) is 46.0. The summed E-state index contributed by atoms with van der Waals surface area (Å²) in [6.07, 6.45) is 15.4. The minimum atomic E-state index is -0.777. The molecule has 0 spiro atoms. The molecule has 4 unspecified atom stereocenters. The van der Waals surface area contributed by atoms with E-state index in [0.717, 1.165) is 65.3 Å². The van der Waals surface area contributed by atoms with Crippen molar-refractivity contribution in [2.45, 2.75) is 102 Å². The molecule has 2 bridgehead atoms. The Morgan fingerprint density at radius 2 is 1.73 bits per heavy atom. The number of rotatable bonds is 19. The molecule has 80 heavy (non-hydrogen) atoms. The summed E-state index contributed by atoms with van der Waals surface area (Å²) in [5.41, 5.74) is 0.923. The van der Waals surface area contributed by atoms with Crippen molar-refractivity contribution in [1.29, 1.82) is 0 Å². The number of aliphatic hydroxyl groups excluding tert-OH is 1. The van der Waals surface area contributed by atoms with Gasteiger partial charge in [-0.1, -0.05) is 31.9 Å². The predicted octanol–water partition coefficient (Wildman–Crippen LogP) is 5.35. The molecule has 22 heteroatoms. The lowest BCUT2D eigenvalue weighted by Crippen LogP contribution is -2.53. The lowest BCUT2D eigenvalue weighted by Gasteiger charge is -2.35. The molecule has 0 aliphatic carbocycles. The van der Waals surface area contributed by atoms with E-state index in [-0.39, 0.29) is 69.5 Å². The van der Waals surface area contributed by atoms with Gasteiger partial charge in [0.25, 0.3) is 5.91 Å². The zero-order chi connectivity index (χ0) is 57.5. The van der Waals surface area contributed by atoms with Crippen molar-refractivity contribution < 1.29 is 57.2 Å². The van der Waals surface area contributed by atoms with Crippen LogP contribution in [0.25, 0.3) is 32.9 Å². The van der Waals surface area contributed by atoms with Gasteiger partial charge in [0, 0.05) is 87.7 Å². The van der Waals surface area contributed by atoms with Gasteiger partial charge in [-0.15, -0.1) is 6.42 Å². The Labute approximate surface area is 464 Å². The highest BCUT2D eigenvalue weighted by atomic mass is 19.1. The van der Waals surface area contributed by atoms with E-state index in [1.54, 1.807) is 18.3 Å². The van der Waals surface area contributed by atoms with Gasteiger partial charge in [-0.3, -0.25) is 39.2 Å². The third-order valence-corrected chi connectivity index (χ3v) is 15.2. The number of nitrogens with zero attached hydrogens (tertiary/aromatic N) is 6. The second kappa shape index (κ2) is 28.1. The molecule has 5 saturated heterocycles. The fraction of sp³-hybridized carbons (Fsp3) is 0.483. The van der Waals surface area contributed by atoms with Gasteiger partial charge in [-0.2, -0.15) is 9.97 Å². The highest BCUT2D eigenvalue weighted by molar-refractivity contribution is 6.08. The number of nitrogens with one attached hydrogen (secondary N) is 4. The number of aliphatic hydroxyl groups is 1. The molecule has 5 aromatic rings. The molecule has 428 valence electrons. The number of phenols is 1. The molecule has 5 aliphatic heterocycles. The standard InChI is InChI=1S/C34H34F2N6O2.C21H28N4O7.C2H6.CH4O/c1-3-24-27(35)8-5-20-13-23(43)14-25(28(20)24)30-29(36)31-26(15-37-30)32(41-16-21-6-7-22(17-41)38-21)40-33(39-31)44-18-34-10-4-12-42(34)19(2)9-11-34;1-25(18-5-6-19(28)24-20(18)29)21(30)15-3-2-4-17(16(15)13-26)23-8-10-32-12-11-31-9-7-22-14-27;2*1-2/h1,5,8,13-15,19,21-22,38,43H,4,6-7,9-12,16-18H2,2H3;2-4,13-14,18,23H,5-12H2,1H3,(H,22,27)(H,24,28,29);1-2H3;2H,1H3/t19-,21?,22?,34?;;;/m0.../s1. The molecule has 0 saturated carbocycles. The van der Waals surface area contributed by atoms with Gasteiger partial charge in [-0.25, -0.2) is 8.78 Å². The van der Waals surface area contributed by atoms with Crippen molar-refractivity contribution >= 4 is 63.6 Å². The van der Waals surface area contributed by atoms with Gasteiger partial charge >= 0.3 is 6.01 Å². The number of halogens is 2. The smallest absolute Gasteiger partial charge is 0.319 e. The molecule has 5 aliphatic rings.